The number of nitrogens with two attached hydrogens (primary N) is 1. The molecule has 1 rings (SSSR count). The minimum Gasteiger partial charge on any atom is -0.321 e. The van der Waals surface area contributed by atoms with E-state index in [4.69, 9.17) is 17.3 Å². The van der Waals surface area contributed by atoms with E-state index in [0.29, 0.717) is 10.6 Å². The number of halogens is 2. The molecule has 0 aliphatic heterocycles. The van der Waals surface area contributed by atoms with E-state index in [1.54, 1.807) is 25.1 Å². The summed E-state index contributed by atoms with van der Waals surface area (Å²) in [5, 5.41) is 0.534. The number of rotatable bonds is 2. The zero-order valence-electron chi connectivity index (χ0n) is 7.05. The predicted octanol–water partition coefficient (Wildman–Crippen LogP) is 2.63. The van der Waals surface area contributed by atoms with Gasteiger partial charge in [-0.05, 0) is 25.1 Å². The highest BCUT2D eigenvalue weighted by atomic mass is 79.9. The van der Waals surface area contributed by atoms with Crippen LogP contribution in [0.15, 0.2) is 22.7 Å². The Bertz CT molecular complexity index is 338. The van der Waals surface area contributed by atoms with Crippen LogP contribution in [-0.2, 0) is 0 Å². The summed E-state index contributed by atoms with van der Waals surface area (Å²) in [5.74, 6) is -0.116. The average molecular weight is 263 g/mol. The molecule has 1 unspecified atom stereocenters. The van der Waals surface area contributed by atoms with Crippen molar-refractivity contribution >= 4 is 33.3 Å². The SMILES string of the molecule is CC(N)C(=O)c1cc(Cl)ccc1Br. The molecule has 1 aromatic rings. The van der Waals surface area contributed by atoms with Gasteiger partial charge in [0.15, 0.2) is 5.78 Å². The largest absolute Gasteiger partial charge is 0.321 e. The van der Waals surface area contributed by atoms with Crippen molar-refractivity contribution in [3.63, 3.8) is 0 Å². The molecule has 2 nitrogen and oxygen atoms in total. The van der Waals surface area contributed by atoms with Crippen LogP contribution in [0.1, 0.15) is 17.3 Å². The number of carbonyl (C=O) groups is 1. The number of Topliss-reactive ketones (excluding diaryl/α,β-unsaturated/α-hetero) is 1. The van der Waals surface area contributed by atoms with Gasteiger partial charge in [0.05, 0.1) is 6.04 Å². The lowest BCUT2D eigenvalue weighted by Crippen LogP contribution is -2.26. The van der Waals surface area contributed by atoms with Crippen LogP contribution in [0.3, 0.4) is 0 Å². The summed E-state index contributed by atoms with van der Waals surface area (Å²) in [6, 6.07) is 4.55. The Morgan fingerprint density at radius 3 is 2.77 bits per heavy atom. The van der Waals surface area contributed by atoms with Crippen molar-refractivity contribution in [2.75, 3.05) is 0 Å². The highest BCUT2D eigenvalue weighted by Gasteiger charge is 2.14. The minimum atomic E-state index is -0.505. The zero-order chi connectivity index (χ0) is 10.0. The van der Waals surface area contributed by atoms with Crippen LogP contribution in [0.5, 0.6) is 0 Å². The summed E-state index contributed by atoms with van der Waals surface area (Å²) >= 11 is 9.02. The Morgan fingerprint density at radius 2 is 2.23 bits per heavy atom. The van der Waals surface area contributed by atoms with Crippen molar-refractivity contribution in [3.8, 4) is 0 Å². The van der Waals surface area contributed by atoms with Crippen molar-refractivity contribution < 1.29 is 4.79 Å². The van der Waals surface area contributed by atoms with Gasteiger partial charge in [0.2, 0.25) is 0 Å². The van der Waals surface area contributed by atoms with Crippen molar-refractivity contribution in [1.82, 2.24) is 0 Å². The summed E-state index contributed by atoms with van der Waals surface area (Å²) in [4.78, 5) is 11.5. The van der Waals surface area contributed by atoms with Gasteiger partial charge in [-0.2, -0.15) is 0 Å². The Hall–Kier alpha value is -0.380. The molecule has 13 heavy (non-hydrogen) atoms. The monoisotopic (exact) mass is 261 g/mol. The molecule has 0 saturated carbocycles. The van der Waals surface area contributed by atoms with Crippen LogP contribution in [0, 0.1) is 0 Å². The van der Waals surface area contributed by atoms with Gasteiger partial charge in [-0.3, -0.25) is 4.79 Å². The summed E-state index contributed by atoms with van der Waals surface area (Å²) in [6.07, 6.45) is 0. The first kappa shape index (κ1) is 10.7. The van der Waals surface area contributed by atoms with Gasteiger partial charge in [0.1, 0.15) is 0 Å². The summed E-state index contributed by atoms with van der Waals surface area (Å²) < 4.78 is 0.721. The highest BCUT2D eigenvalue weighted by molar-refractivity contribution is 9.10. The normalized spacial score (nSPS) is 12.6. The first-order valence-corrected chi connectivity index (χ1v) is 4.94. The number of carbonyl (C=O) groups excluding carboxylic acids is 1. The molecule has 0 aliphatic rings. The first-order valence-electron chi connectivity index (χ1n) is 3.77. The summed E-state index contributed by atoms with van der Waals surface area (Å²) in [6.45, 7) is 1.65. The molecule has 1 atom stereocenters. The highest BCUT2D eigenvalue weighted by Crippen LogP contribution is 2.22. The third-order valence-electron chi connectivity index (χ3n) is 1.61. The van der Waals surface area contributed by atoms with E-state index in [1.807, 2.05) is 0 Å². The number of benzene rings is 1. The lowest BCUT2D eigenvalue weighted by atomic mass is 10.1. The molecule has 70 valence electrons. The van der Waals surface area contributed by atoms with Gasteiger partial charge in [0, 0.05) is 15.1 Å². The standard InChI is InChI=1S/C9H9BrClNO/c1-5(12)9(13)7-4-6(11)2-3-8(7)10/h2-5H,12H2,1H3. The molecule has 1 aromatic carbocycles. The third-order valence-corrected chi connectivity index (χ3v) is 2.53. The van der Waals surface area contributed by atoms with Gasteiger partial charge < -0.3 is 5.73 Å². The number of ketones is 1. The van der Waals surface area contributed by atoms with Gasteiger partial charge in [-0.15, -0.1) is 0 Å². The second-order valence-electron chi connectivity index (χ2n) is 2.78. The quantitative estimate of drug-likeness (QED) is 0.833. The molecule has 0 radical (unpaired) electrons. The molecule has 0 fully saturated rings. The minimum absolute atomic E-state index is 0.116. The van der Waals surface area contributed by atoms with Crippen LogP contribution in [0.25, 0.3) is 0 Å². The second-order valence-corrected chi connectivity index (χ2v) is 4.07. The van der Waals surface area contributed by atoms with Crippen molar-refractivity contribution in [2.24, 2.45) is 5.73 Å². The van der Waals surface area contributed by atoms with Crippen molar-refractivity contribution in [1.29, 1.82) is 0 Å². The van der Waals surface area contributed by atoms with Gasteiger partial charge in [-0.25, -0.2) is 0 Å². The lowest BCUT2D eigenvalue weighted by Gasteiger charge is -2.06. The molecular weight excluding hydrogens is 253 g/mol. The van der Waals surface area contributed by atoms with E-state index in [-0.39, 0.29) is 5.78 Å². The molecule has 2 N–H and O–H groups in total. The van der Waals surface area contributed by atoms with Crippen LogP contribution in [0.2, 0.25) is 5.02 Å². The molecule has 0 aromatic heterocycles. The number of hydrogen-bond donors (Lipinski definition) is 1. The fraction of sp³-hybridized carbons (Fsp3) is 0.222. The molecule has 0 amide bonds. The Labute approximate surface area is 90.2 Å². The van der Waals surface area contributed by atoms with Gasteiger partial charge in [-0.1, -0.05) is 27.5 Å². The van der Waals surface area contributed by atoms with E-state index >= 15 is 0 Å². The maximum atomic E-state index is 11.5. The van der Waals surface area contributed by atoms with Crippen LogP contribution in [0.4, 0.5) is 0 Å². The molecule has 0 spiro atoms. The maximum absolute atomic E-state index is 11.5. The number of hydrogen-bond acceptors (Lipinski definition) is 2. The van der Waals surface area contributed by atoms with E-state index in [0.717, 1.165) is 4.47 Å². The van der Waals surface area contributed by atoms with Gasteiger partial charge in [0.25, 0.3) is 0 Å². The fourth-order valence-electron chi connectivity index (χ4n) is 0.932. The first-order chi connectivity index (χ1) is 6.02. The van der Waals surface area contributed by atoms with Crippen molar-refractivity contribution in [3.05, 3.63) is 33.3 Å². The second kappa shape index (κ2) is 4.22. The van der Waals surface area contributed by atoms with Gasteiger partial charge >= 0.3 is 0 Å². The molecule has 0 bridgehead atoms. The topological polar surface area (TPSA) is 43.1 Å². The maximum Gasteiger partial charge on any atom is 0.180 e. The molecule has 4 heteroatoms. The van der Waals surface area contributed by atoms with E-state index in [1.165, 1.54) is 0 Å². The average Bonchev–Trinajstić information content (AvgIpc) is 2.08. The molecule has 0 saturated heterocycles. The predicted molar refractivity (Wildman–Crippen MR) is 57.1 cm³/mol. The van der Waals surface area contributed by atoms with Crippen LogP contribution >= 0.6 is 27.5 Å². The molecular formula is C9H9BrClNO. The Morgan fingerprint density at radius 1 is 1.62 bits per heavy atom. The van der Waals surface area contributed by atoms with E-state index in [2.05, 4.69) is 15.9 Å². The van der Waals surface area contributed by atoms with E-state index < -0.39 is 6.04 Å². The van der Waals surface area contributed by atoms with E-state index in [9.17, 15) is 4.79 Å². The summed E-state index contributed by atoms with van der Waals surface area (Å²) in [5.41, 5.74) is 6.00. The molecule has 0 aliphatic carbocycles. The van der Waals surface area contributed by atoms with Crippen molar-refractivity contribution in [2.45, 2.75) is 13.0 Å². The summed E-state index contributed by atoms with van der Waals surface area (Å²) in [7, 11) is 0. The molecule has 0 heterocycles. The van der Waals surface area contributed by atoms with Crippen LogP contribution in [-0.4, -0.2) is 11.8 Å². The van der Waals surface area contributed by atoms with Crippen LogP contribution < -0.4 is 5.73 Å². The Kier molecular flexibility index (Phi) is 3.47. The lowest BCUT2D eigenvalue weighted by molar-refractivity contribution is 0.0967. The Balaban J connectivity index is 3.13. The smallest absolute Gasteiger partial charge is 0.180 e. The zero-order valence-corrected chi connectivity index (χ0v) is 9.39. The fourth-order valence-corrected chi connectivity index (χ4v) is 1.55. The third kappa shape index (κ3) is 2.53.